The molecular weight excluding hydrogens is 558 g/mol. The smallest absolute Gasteiger partial charge is 0.336 e. The molecule has 2 aromatic carbocycles. The van der Waals surface area contributed by atoms with Crippen molar-refractivity contribution in [2.75, 3.05) is 24.7 Å². The summed E-state index contributed by atoms with van der Waals surface area (Å²) in [6.45, 7) is 5.51. The highest BCUT2D eigenvalue weighted by molar-refractivity contribution is 9.10. The maximum Gasteiger partial charge on any atom is 0.336 e. The van der Waals surface area contributed by atoms with E-state index in [1.165, 1.54) is 18.4 Å². The van der Waals surface area contributed by atoms with E-state index in [0.29, 0.717) is 21.5 Å². The molecule has 1 N–H and O–H groups in total. The average Bonchev–Trinajstić information content (AvgIpc) is 2.89. The van der Waals surface area contributed by atoms with Crippen LogP contribution in [0.25, 0.3) is 0 Å². The van der Waals surface area contributed by atoms with Gasteiger partial charge < -0.3 is 29.0 Å². The van der Waals surface area contributed by atoms with Crippen molar-refractivity contribution in [3.63, 3.8) is 0 Å². The molecule has 1 heterocycles. The molecule has 0 saturated carbocycles. The molecule has 2 aromatic rings. The molecule has 200 valence electrons. The van der Waals surface area contributed by atoms with Gasteiger partial charge in [-0.25, -0.2) is 14.4 Å². The highest BCUT2D eigenvalue weighted by Crippen LogP contribution is 2.43. The van der Waals surface area contributed by atoms with Gasteiger partial charge in [-0.05, 0) is 63.2 Å². The second-order valence-electron chi connectivity index (χ2n) is 7.82. The summed E-state index contributed by atoms with van der Waals surface area (Å²) in [6, 6.07) is 11.4. The van der Waals surface area contributed by atoms with Gasteiger partial charge in [0, 0.05) is 28.1 Å². The normalized spacial score (nSPS) is 13.5. The summed E-state index contributed by atoms with van der Waals surface area (Å²) in [5.41, 5.74) is 1.36. The summed E-state index contributed by atoms with van der Waals surface area (Å²) < 4.78 is 22.0. The number of rotatable bonds is 10. The Morgan fingerprint density at radius 3 is 2.03 bits per heavy atom. The third-order valence-electron chi connectivity index (χ3n) is 5.32. The molecule has 3 rings (SSSR count). The zero-order chi connectivity index (χ0) is 27.7. The number of carbonyl (C=O) groups excluding carboxylic acids is 3. The molecule has 0 fully saturated rings. The number of aromatic hydroxyl groups is 1. The molecule has 0 unspecified atom stereocenters. The summed E-state index contributed by atoms with van der Waals surface area (Å²) in [5, 5.41) is 9.71. The number of phenolic OH excluding ortho intramolecular Hbond substituents is 1. The maximum absolute atomic E-state index is 13.2. The highest BCUT2D eigenvalue weighted by Gasteiger charge is 2.37. The zero-order valence-electron chi connectivity index (χ0n) is 21.2. The van der Waals surface area contributed by atoms with Crippen LogP contribution in [0.15, 0.2) is 82.8 Å². The van der Waals surface area contributed by atoms with Gasteiger partial charge in [0.1, 0.15) is 11.5 Å². The molecule has 1 aliphatic heterocycles. The van der Waals surface area contributed by atoms with E-state index < -0.39 is 23.8 Å². The van der Waals surface area contributed by atoms with Crippen molar-refractivity contribution in [1.82, 2.24) is 0 Å². The number of esters is 3. The fourth-order valence-electron chi connectivity index (χ4n) is 3.74. The minimum absolute atomic E-state index is 0.0691. The summed E-state index contributed by atoms with van der Waals surface area (Å²) in [7, 11) is 0. The molecular formula is C28H28BrNO8. The number of benzene rings is 2. The Morgan fingerprint density at radius 1 is 0.895 bits per heavy atom. The molecule has 0 amide bonds. The standard InChI is InChI=1S/C28H28BrNO8/c1-4-35-25(32)13-14-38-24-12-7-18(29)15-21(24)26-22(27(33)36-5-2)16-30(17-23(26)28(34)37-6-3)19-8-10-20(31)11-9-19/h7-17,26,31H,4-6H2,1-3H3/b14-13+. The predicted octanol–water partition coefficient (Wildman–Crippen LogP) is 5.11. The van der Waals surface area contributed by atoms with Crippen molar-refractivity contribution < 1.29 is 38.4 Å². The van der Waals surface area contributed by atoms with Crippen LogP contribution in [0.4, 0.5) is 5.69 Å². The number of nitrogens with zero attached hydrogens (tertiary/aromatic N) is 1. The van der Waals surface area contributed by atoms with Crippen LogP contribution < -0.4 is 9.64 Å². The largest absolute Gasteiger partial charge is 0.508 e. The van der Waals surface area contributed by atoms with Crippen LogP contribution in [0, 0.1) is 0 Å². The van der Waals surface area contributed by atoms with Crippen LogP contribution in [0.5, 0.6) is 11.5 Å². The van der Waals surface area contributed by atoms with Gasteiger partial charge in [-0.3, -0.25) is 0 Å². The SMILES string of the molecule is CCOC(=O)/C=C/Oc1ccc(Br)cc1C1C(C(=O)OCC)=CN(c2ccc(O)cc2)C=C1C(=O)OCC. The molecule has 0 atom stereocenters. The predicted molar refractivity (Wildman–Crippen MR) is 143 cm³/mol. The van der Waals surface area contributed by atoms with Crippen molar-refractivity contribution in [2.45, 2.75) is 26.7 Å². The van der Waals surface area contributed by atoms with Gasteiger partial charge in [0.15, 0.2) is 0 Å². The number of anilines is 1. The van der Waals surface area contributed by atoms with Crippen LogP contribution in [0.2, 0.25) is 0 Å². The Morgan fingerprint density at radius 2 is 1.47 bits per heavy atom. The molecule has 38 heavy (non-hydrogen) atoms. The molecule has 10 heteroatoms. The first-order chi connectivity index (χ1) is 18.3. The lowest BCUT2D eigenvalue weighted by molar-refractivity contribution is -0.140. The molecule has 1 aliphatic rings. The Bertz CT molecular complexity index is 1230. The number of ether oxygens (including phenoxy) is 4. The quantitative estimate of drug-likeness (QED) is 0.176. The Labute approximate surface area is 229 Å². The van der Waals surface area contributed by atoms with Gasteiger partial charge in [0.05, 0.1) is 49.2 Å². The van der Waals surface area contributed by atoms with Gasteiger partial charge in [-0.1, -0.05) is 15.9 Å². The topological polar surface area (TPSA) is 112 Å². The summed E-state index contributed by atoms with van der Waals surface area (Å²) >= 11 is 3.45. The zero-order valence-corrected chi connectivity index (χ0v) is 22.8. The maximum atomic E-state index is 13.2. The van der Waals surface area contributed by atoms with Gasteiger partial charge >= 0.3 is 17.9 Å². The number of hydrogen-bond donors (Lipinski definition) is 1. The van der Waals surface area contributed by atoms with Crippen LogP contribution in [0.1, 0.15) is 32.3 Å². The minimum Gasteiger partial charge on any atom is -0.508 e. The van der Waals surface area contributed by atoms with Gasteiger partial charge in [0.25, 0.3) is 0 Å². The van der Waals surface area contributed by atoms with E-state index in [4.69, 9.17) is 18.9 Å². The van der Waals surface area contributed by atoms with Crippen molar-refractivity contribution >= 4 is 39.5 Å². The van der Waals surface area contributed by atoms with E-state index in [1.807, 2.05) is 0 Å². The van der Waals surface area contributed by atoms with Crippen LogP contribution in [0.3, 0.4) is 0 Å². The monoisotopic (exact) mass is 585 g/mol. The first-order valence-electron chi connectivity index (χ1n) is 11.9. The lowest BCUT2D eigenvalue weighted by Gasteiger charge is -2.31. The average molecular weight is 586 g/mol. The molecule has 9 nitrogen and oxygen atoms in total. The van der Waals surface area contributed by atoms with E-state index in [1.54, 1.807) is 68.4 Å². The first-order valence-corrected chi connectivity index (χ1v) is 12.7. The molecule has 0 radical (unpaired) electrons. The fourth-order valence-corrected chi connectivity index (χ4v) is 4.12. The second kappa shape index (κ2) is 13.5. The van der Waals surface area contributed by atoms with Gasteiger partial charge in [0.2, 0.25) is 0 Å². The fraction of sp³-hybridized carbons (Fsp3) is 0.250. The van der Waals surface area contributed by atoms with E-state index >= 15 is 0 Å². The van der Waals surface area contributed by atoms with Gasteiger partial charge in [-0.2, -0.15) is 0 Å². The number of phenols is 1. The van der Waals surface area contributed by atoms with Crippen molar-refractivity contribution in [2.24, 2.45) is 0 Å². The molecule has 0 saturated heterocycles. The van der Waals surface area contributed by atoms with E-state index in [9.17, 15) is 19.5 Å². The second-order valence-corrected chi connectivity index (χ2v) is 8.74. The number of hydrogen-bond acceptors (Lipinski definition) is 9. The van der Waals surface area contributed by atoms with E-state index in [-0.39, 0.29) is 36.7 Å². The first kappa shape index (κ1) is 28.5. The molecule has 0 aliphatic carbocycles. The van der Waals surface area contributed by atoms with Crippen LogP contribution >= 0.6 is 15.9 Å². The summed E-state index contributed by atoms with van der Waals surface area (Å²) in [4.78, 5) is 39.8. The van der Waals surface area contributed by atoms with E-state index in [0.717, 1.165) is 6.08 Å². The van der Waals surface area contributed by atoms with Crippen molar-refractivity contribution in [3.05, 3.63) is 88.4 Å². The van der Waals surface area contributed by atoms with Crippen molar-refractivity contribution in [1.29, 1.82) is 0 Å². The Hall–Kier alpha value is -4.05. The Balaban J connectivity index is 2.17. The Kier molecular flexibility index (Phi) is 10.1. The van der Waals surface area contributed by atoms with Crippen LogP contribution in [-0.4, -0.2) is 42.8 Å². The molecule has 0 bridgehead atoms. The molecule has 0 aromatic heterocycles. The number of carbonyl (C=O) groups is 3. The minimum atomic E-state index is -0.926. The molecule has 0 spiro atoms. The highest BCUT2D eigenvalue weighted by atomic mass is 79.9. The number of halogens is 1. The lowest BCUT2D eigenvalue weighted by atomic mass is 9.82. The third kappa shape index (κ3) is 7.04. The van der Waals surface area contributed by atoms with Crippen molar-refractivity contribution in [3.8, 4) is 11.5 Å². The van der Waals surface area contributed by atoms with Crippen LogP contribution in [-0.2, 0) is 28.6 Å². The lowest BCUT2D eigenvalue weighted by Crippen LogP contribution is -2.29. The van der Waals surface area contributed by atoms with Gasteiger partial charge in [-0.15, -0.1) is 0 Å². The summed E-state index contributed by atoms with van der Waals surface area (Å²) in [5.74, 6) is -2.41. The third-order valence-corrected chi connectivity index (χ3v) is 5.81. The van der Waals surface area contributed by atoms with E-state index in [2.05, 4.69) is 15.9 Å². The summed E-state index contributed by atoms with van der Waals surface area (Å²) in [6.07, 6.45) is 5.44.